The first-order valence-electron chi connectivity index (χ1n) is 11.3. The van der Waals surface area contributed by atoms with Gasteiger partial charge >= 0.3 is 0 Å². The second-order valence-corrected chi connectivity index (χ2v) is 8.87. The lowest BCUT2D eigenvalue weighted by atomic mass is 10.0. The summed E-state index contributed by atoms with van der Waals surface area (Å²) in [6, 6.07) is 6.74. The molecular weight excluding hydrogens is 392 g/mol. The number of benzene rings is 1. The molecule has 1 aromatic heterocycles. The average molecular weight is 429 g/mol. The Bertz CT molecular complexity index is 939. The van der Waals surface area contributed by atoms with E-state index in [9.17, 15) is 4.79 Å². The SMILES string of the molecule is CCCCNC(=S)N(Cc1cc2ccc(C)c(C)c2[nH]c1=O)C[C@H]1CCCN1CC. The van der Waals surface area contributed by atoms with Gasteiger partial charge in [0.25, 0.3) is 5.56 Å². The molecule has 1 atom stereocenters. The van der Waals surface area contributed by atoms with Crippen molar-refractivity contribution in [3.05, 3.63) is 45.2 Å². The second-order valence-electron chi connectivity index (χ2n) is 8.49. The Labute approximate surface area is 185 Å². The van der Waals surface area contributed by atoms with Crippen molar-refractivity contribution >= 4 is 28.2 Å². The molecule has 6 heteroatoms. The average Bonchev–Trinajstić information content (AvgIpc) is 3.18. The number of rotatable bonds is 8. The number of nitrogens with zero attached hydrogens (tertiary/aromatic N) is 2. The topological polar surface area (TPSA) is 51.4 Å². The summed E-state index contributed by atoms with van der Waals surface area (Å²) in [6.45, 7) is 13.0. The standard InChI is InChI=1S/C24H36N4OS/c1-5-7-12-25-24(30)28(16-21-9-8-13-27(21)6-2)15-20-14-19-11-10-17(3)18(4)22(19)26-23(20)29/h10-11,14,21H,5-9,12-13,15-16H2,1-4H3,(H,25,30)(H,26,29)/t21-/m1/s1. The van der Waals surface area contributed by atoms with E-state index < -0.39 is 0 Å². The van der Waals surface area contributed by atoms with Crippen molar-refractivity contribution in [3.63, 3.8) is 0 Å². The van der Waals surface area contributed by atoms with Gasteiger partial charge in [-0.05, 0) is 81.0 Å². The van der Waals surface area contributed by atoms with Gasteiger partial charge in [-0.15, -0.1) is 0 Å². The summed E-state index contributed by atoms with van der Waals surface area (Å²) in [7, 11) is 0. The third-order valence-electron chi connectivity index (χ3n) is 6.42. The predicted molar refractivity (Wildman–Crippen MR) is 130 cm³/mol. The van der Waals surface area contributed by atoms with Gasteiger partial charge in [0.2, 0.25) is 0 Å². The summed E-state index contributed by atoms with van der Waals surface area (Å²) < 4.78 is 0. The number of H-pyrrole nitrogens is 1. The normalized spacial score (nSPS) is 16.9. The Kier molecular flexibility index (Phi) is 7.89. The molecule has 164 valence electrons. The summed E-state index contributed by atoms with van der Waals surface area (Å²) in [6.07, 6.45) is 4.64. The van der Waals surface area contributed by atoms with Crippen LogP contribution in [0.25, 0.3) is 10.9 Å². The van der Waals surface area contributed by atoms with Gasteiger partial charge in [-0.3, -0.25) is 9.69 Å². The van der Waals surface area contributed by atoms with Crippen LogP contribution in [-0.4, -0.2) is 52.1 Å². The third-order valence-corrected chi connectivity index (χ3v) is 6.82. The molecule has 1 aromatic carbocycles. The lowest BCUT2D eigenvalue weighted by Crippen LogP contribution is -2.47. The number of aryl methyl sites for hydroxylation is 2. The first kappa shape index (κ1) is 22.8. The number of aromatic nitrogens is 1. The molecular formula is C24H36N4OS. The Morgan fingerprint density at radius 3 is 2.87 bits per heavy atom. The van der Waals surface area contributed by atoms with Crippen molar-refractivity contribution in [2.24, 2.45) is 0 Å². The molecule has 1 saturated heterocycles. The van der Waals surface area contributed by atoms with Crippen molar-refractivity contribution in [2.45, 2.75) is 66.0 Å². The van der Waals surface area contributed by atoms with E-state index in [1.165, 1.54) is 18.4 Å². The van der Waals surface area contributed by atoms with E-state index in [0.717, 1.165) is 66.2 Å². The molecule has 1 aliphatic rings. The van der Waals surface area contributed by atoms with E-state index in [1.807, 2.05) is 6.07 Å². The zero-order chi connectivity index (χ0) is 21.7. The summed E-state index contributed by atoms with van der Waals surface area (Å²) >= 11 is 5.76. The maximum atomic E-state index is 12.9. The highest BCUT2D eigenvalue weighted by atomic mass is 32.1. The van der Waals surface area contributed by atoms with Crippen LogP contribution < -0.4 is 10.9 Å². The fraction of sp³-hybridized carbons (Fsp3) is 0.583. The van der Waals surface area contributed by atoms with Crippen LogP contribution in [0.1, 0.15) is 56.2 Å². The molecule has 1 fully saturated rings. The number of hydrogen-bond donors (Lipinski definition) is 2. The molecule has 0 amide bonds. The zero-order valence-corrected chi connectivity index (χ0v) is 19.7. The van der Waals surface area contributed by atoms with Crippen molar-refractivity contribution in [1.82, 2.24) is 20.1 Å². The van der Waals surface area contributed by atoms with Gasteiger partial charge in [-0.25, -0.2) is 0 Å². The maximum Gasteiger partial charge on any atom is 0.253 e. The fourth-order valence-electron chi connectivity index (χ4n) is 4.37. The van der Waals surface area contributed by atoms with E-state index in [2.05, 4.69) is 59.9 Å². The first-order valence-corrected chi connectivity index (χ1v) is 11.7. The number of likely N-dealkylation sites (tertiary alicyclic amines) is 1. The van der Waals surface area contributed by atoms with Crippen LogP contribution in [0.2, 0.25) is 0 Å². The number of nitrogens with one attached hydrogen (secondary N) is 2. The van der Waals surface area contributed by atoms with E-state index in [0.29, 0.717) is 12.6 Å². The number of likely N-dealkylation sites (N-methyl/N-ethyl adjacent to an activating group) is 1. The quantitative estimate of drug-likeness (QED) is 0.490. The monoisotopic (exact) mass is 428 g/mol. The second kappa shape index (κ2) is 10.4. The van der Waals surface area contributed by atoms with Crippen LogP contribution in [0.4, 0.5) is 0 Å². The van der Waals surface area contributed by atoms with Crippen LogP contribution in [0, 0.1) is 13.8 Å². The number of unbranched alkanes of at least 4 members (excludes halogenated alkanes) is 1. The smallest absolute Gasteiger partial charge is 0.253 e. The summed E-state index contributed by atoms with van der Waals surface area (Å²) in [5, 5.41) is 5.24. The van der Waals surface area contributed by atoms with Gasteiger partial charge in [0.05, 0.1) is 12.1 Å². The third kappa shape index (κ3) is 5.22. The number of aromatic amines is 1. The molecule has 0 unspecified atom stereocenters. The van der Waals surface area contributed by atoms with Gasteiger partial charge in [0, 0.05) is 24.7 Å². The van der Waals surface area contributed by atoms with E-state index in [1.54, 1.807) is 0 Å². The minimum Gasteiger partial charge on any atom is -0.363 e. The first-order chi connectivity index (χ1) is 14.4. The molecule has 1 aliphatic heterocycles. The fourth-order valence-corrected chi connectivity index (χ4v) is 4.61. The molecule has 2 heterocycles. The van der Waals surface area contributed by atoms with E-state index in [4.69, 9.17) is 12.2 Å². The highest BCUT2D eigenvalue weighted by Crippen LogP contribution is 2.21. The van der Waals surface area contributed by atoms with Crippen LogP contribution in [-0.2, 0) is 6.54 Å². The molecule has 0 saturated carbocycles. The number of hydrogen-bond acceptors (Lipinski definition) is 3. The van der Waals surface area contributed by atoms with Gasteiger partial charge in [0.15, 0.2) is 5.11 Å². The lowest BCUT2D eigenvalue weighted by Gasteiger charge is -2.32. The lowest BCUT2D eigenvalue weighted by molar-refractivity contribution is 0.219. The largest absolute Gasteiger partial charge is 0.363 e. The molecule has 2 aromatic rings. The number of thiocarbonyl (C=S) groups is 1. The van der Waals surface area contributed by atoms with E-state index in [-0.39, 0.29) is 5.56 Å². The Morgan fingerprint density at radius 2 is 2.13 bits per heavy atom. The van der Waals surface area contributed by atoms with Gasteiger partial charge < -0.3 is 15.2 Å². The van der Waals surface area contributed by atoms with Gasteiger partial charge in [-0.2, -0.15) is 0 Å². The molecule has 0 aliphatic carbocycles. The molecule has 0 bridgehead atoms. The Hall–Kier alpha value is -1.92. The molecule has 0 radical (unpaired) electrons. The Morgan fingerprint density at radius 1 is 1.33 bits per heavy atom. The molecule has 3 rings (SSSR count). The van der Waals surface area contributed by atoms with Crippen LogP contribution in [0.5, 0.6) is 0 Å². The predicted octanol–water partition coefficient (Wildman–Crippen LogP) is 4.11. The molecule has 2 N–H and O–H groups in total. The van der Waals surface area contributed by atoms with Gasteiger partial charge in [0.1, 0.15) is 0 Å². The van der Waals surface area contributed by atoms with Crippen molar-refractivity contribution in [2.75, 3.05) is 26.2 Å². The minimum atomic E-state index is -0.0173. The van der Waals surface area contributed by atoms with Crippen molar-refractivity contribution in [3.8, 4) is 0 Å². The molecule has 30 heavy (non-hydrogen) atoms. The molecule has 0 spiro atoms. The van der Waals surface area contributed by atoms with Gasteiger partial charge in [-0.1, -0.05) is 32.4 Å². The van der Waals surface area contributed by atoms with Crippen LogP contribution in [0.3, 0.4) is 0 Å². The highest BCUT2D eigenvalue weighted by Gasteiger charge is 2.26. The minimum absolute atomic E-state index is 0.0173. The zero-order valence-electron chi connectivity index (χ0n) is 18.9. The van der Waals surface area contributed by atoms with E-state index >= 15 is 0 Å². The van der Waals surface area contributed by atoms with Crippen LogP contribution in [0.15, 0.2) is 23.0 Å². The Balaban J connectivity index is 1.86. The summed E-state index contributed by atoms with van der Waals surface area (Å²) in [5.74, 6) is 0. The maximum absolute atomic E-state index is 12.9. The van der Waals surface area contributed by atoms with Crippen LogP contribution >= 0.6 is 12.2 Å². The number of pyridine rings is 1. The number of fused-ring (bicyclic) bond motifs is 1. The molecule has 5 nitrogen and oxygen atoms in total. The summed E-state index contributed by atoms with van der Waals surface area (Å²) in [5.41, 5.74) is 4.01. The highest BCUT2D eigenvalue weighted by molar-refractivity contribution is 7.80. The summed E-state index contributed by atoms with van der Waals surface area (Å²) in [4.78, 5) is 20.8. The van der Waals surface area contributed by atoms with Crippen molar-refractivity contribution in [1.29, 1.82) is 0 Å². The van der Waals surface area contributed by atoms with Crippen molar-refractivity contribution < 1.29 is 0 Å².